The molecule has 8 heteroatoms. The van der Waals surface area contributed by atoms with Gasteiger partial charge in [0.15, 0.2) is 0 Å². The summed E-state index contributed by atoms with van der Waals surface area (Å²) in [5, 5.41) is 25.5. The molecule has 7 nitrogen and oxygen atoms in total. The van der Waals surface area contributed by atoms with Gasteiger partial charge in [0.2, 0.25) is 5.91 Å². The van der Waals surface area contributed by atoms with Crippen LogP contribution in [-0.2, 0) is 15.1 Å². The van der Waals surface area contributed by atoms with E-state index < -0.39 is 28.9 Å². The minimum absolute atomic E-state index is 0.0792. The highest BCUT2D eigenvalue weighted by molar-refractivity contribution is 6.30. The average Bonchev–Trinajstić information content (AvgIpc) is 2.60. The first-order valence-corrected chi connectivity index (χ1v) is 10.5. The second-order valence-electron chi connectivity index (χ2n) is 9.52. The summed E-state index contributed by atoms with van der Waals surface area (Å²) in [6.07, 6.45) is -0.527. The number of hydrogen-bond acceptors (Lipinski definition) is 5. The third kappa shape index (κ3) is 5.45. The van der Waals surface area contributed by atoms with Gasteiger partial charge in [0.05, 0.1) is 6.54 Å². The molecule has 0 saturated carbocycles. The molecule has 1 aromatic carbocycles. The number of aliphatic hydroxyl groups is 2. The van der Waals surface area contributed by atoms with E-state index in [0.717, 1.165) is 0 Å². The van der Waals surface area contributed by atoms with Gasteiger partial charge in [0.1, 0.15) is 22.8 Å². The maximum Gasteiger partial charge on any atom is 0.408 e. The van der Waals surface area contributed by atoms with Crippen LogP contribution in [0.1, 0.15) is 53.5 Å². The van der Waals surface area contributed by atoms with Crippen molar-refractivity contribution >= 4 is 23.6 Å². The van der Waals surface area contributed by atoms with E-state index in [0.29, 0.717) is 10.6 Å². The first-order chi connectivity index (χ1) is 13.7. The maximum absolute atomic E-state index is 13.2. The Morgan fingerprint density at radius 3 is 2.23 bits per heavy atom. The molecule has 0 bridgehead atoms. The summed E-state index contributed by atoms with van der Waals surface area (Å²) in [7, 11) is 0. The molecular weight excluding hydrogens is 408 g/mol. The van der Waals surface area contributed by atoms with Crippen molar-refractivity contribution < 1.29 is 24.5 Å². The number of halogens is 1. The van der Waals surface area contributed by atoms with Crippen LogP contribution in [0.3, 0.4) is 0 Å². The molecule has 1 fully saturated rings. The van der Waals surface area contributed by atoms with Gasteiger partial charge in [-0.3, -0.25) is 4.79 Å². The Balaban J connectivity index is 2.17. The summed E-state index contributed by atoms with van der Waals surface area (Å²) in [5.41, 5.74) is -3.27. The largest absolute Gasteiger partial charge is 0.444 e. The van der Waals surface area contributed by atoms with E-state index in [4.69, 9.17) is 16.3 Å². The predicted octanol–water partition coefficient (Wildman–Crippen LogP) is 3.06. The number of nitrogens with one attached hydrogen (secondary N) is 1. The number of β-amino-alcohol motifs (C(OH)–C–C–N with tert-alkyl or cyclic N) is 1. The minimum atomic E-state index is -1.60. The van der Waals surface area contributed by atoms with Crippen LogP contribution >= 0.6 is 11.6 Å². The van der Waals surface area contributed by atoms with Gasteiger partial charge in [-0.2, -0.15) is 0 Å². The van der Waals surface area contributed by atoms with Crippen molar-refractivity contribution in [3.8, 4) is 0 Å². The maximum atomic E-state index is 13.2. The van der Waals surface area contributed by atoms with E-state index in [-0.39, 0.29) is 31.3 Å². The topological polar surface area (TPSA) is 99.1 Å². The number of alkyl carbamates (subject to hydrolysis) is 1. The Morgan fingerprint density at radius 1 is 1.20 bits per heavy atom. The number of likely N-dealkylation sites (tertiary alicyclic amines) is 1. The van der Waals surface area contributed by atoms with Crippen LogP contribution in [0.25, 0.3) is 0 Å². The Labute approximate surface area is 183 Å². The molecule has 1 aliphatic rings. The molecule has 1 aliphatic heterocycles. The summed E-state index contributed by atoms with van der Waals surface area (Å²) in [6.45, 7) is 10.6. The number of piperidine rings is 1. The number of carbonyl (C=O) groups excluding carboxylic acids is 2. The van der Waals surface area contributed by atoms with Crippen molar-refractivity contribution in [3.05, 3.63) is 34.9 Å². The number of rotatable bonds is 4. The van der Waals surface area contributed by atoms with Gasteiger partial charge in [0.25, 0.3) is 0 Å². The zero-order chi connectivity index (χ0) is 22.9. The average molecular weight is 441 g/mol. The molecule has 2 rings (SSSR count). The smallest absolute Gasteiger partial charge is 0.408 e. The standard InChI is InChI=1S/C22H33ClN2O5/c1-14(2)17(24-19(27)30-20(3,4)5)18(26)25-12-11-22(29,21(6,28)13-25)15-7-9-16(23)10-8-15/h7-10,14,17,28-29H,11-13H2,1-6H3,(H,24,27)/t17-,21+,22+/m1/s1. The molecule has 3 atom stereocenters. The number of ether oxygens (including phenoxy) is 1. The van der Waals surface area contributed by atoms with Gasteiger partial charge in [-0.1, -0.05) is 37.6 Å². The Hall–Kier alpha value is -1.83. The number of benzene rings is 1. The van der Waals surface area contributed by atoms with Gasteiger partial charge >= 0.3 is 6.09 Å². The first kappa shape index (κ1) is 24.4. The summed E-state index contributed by atoms with van der Waals surface area (Å²) < 4.78 is 5.28. The lowest BCUT2D eigenvalue weighted by molar-refractivity contribution is -0.191. The summed E-state index contributed by atoms with van der Waals surface area (Å²) in [5.74, 6) is -0.513. The SMILES string of the molecule is CC(C)[C@@H](NC(=O)OC(C)(C)C)C(=O)N1CC[C@](O)(c2ccc(Cl)cc2)[C@@](C)(O)C1. The van der Waals surface area contributed by atoms with Crippen LogP contribution in [0.2, 0.25) is 5.02 Å². The highest BCUT2D eigenvalue weighted by atomic mass is 35.5. The molecule has 0 radical (unpaired) electrons. The Morgan fingerprint density at radius 2 is 1.77 bits per heavy atom. The van der Waals surface area contributed by atoms with E-state index in [2.05, 4.69) is 5.32 Å². The number of amides is 2. The molecule has 3 N–H and O–H groups in total. The molecule has 30 heavy (non-hydrogen) atoms. The number of carbonyl (C=O) groups is 2. The van der Waals surface area contributed by atoms with E-state index in [1.165, 1.54) is 11.8 Å². The summed E-state index contributed by atoms with van der Waals surface area (Å²) in [4.78, 5) is 26.8. The Kier molecular flexibility index (Phi) is 7.11. The van der Waals surface area contributed by atoms with Crippen LogP contribution < -0.4 is 5.32 Å². The van der Waals surface area contributed by atoms with Gasteiger partial charge in [-0.15, -0.1) is 0 Å². The third-order valence-corrected chi connectivity index (χ3v) is 5.62. The lowest BCUT2D eigenvalue weighted by atomic mass is 9.73. The summed E-state index contributed by atoms with van der Waals surface area (Å²) in [6, 6.07) is 5.85. The van der Waals surface area contributed by atoms with E-state index in [9.17, 15) is 19.8 Å². The highest BCUT2D eigenvalue weighted by Crippen LogP contribution is 2.40. The predicted molar refractivity (Wildman–Crippen MR) is 115 cm³/mol. The zero-order valence-electron chi connectivity index (χ0n) is 18.5. The van der Waals surface area contributed by atoms with E-state index in [1.54, 1.807) is 45.0 Å². The van der Waals surface area contributed by atoms with Crippen molar-refractivity contribution in [2.45, 2.75) is 70.8 Å². The van der Waals surface area contributed by atoms with Gasteiger partial charge in [0, 0.05) is 18.0 Å². The first-order valence-electron chi connectivity index (χ1n) is 10.2. The molecule has 0 unspecified atom stereocenters. The van der Waals surface area contributed by atoms with Crippen LogP contribution in [0.15, 0.2) is 24.3 Å². The van der Waals surface area contributed by atoms with Crippen molar-refractivity contribution in [2.24, 2.45) is 5.92 Å². The molecule has 0 aromatic heterocycles. The number of nitrogens with zero attached hydrogens (tertiary/aromatic N) is 1. The van der Waals surface area contributed by atoms with Gasteiger partial charge < -0.3 is 25.2 Å². The molecule has 2 amide bonds. The quantitative estimate of drug-likeness (QED) is 0.668. The van der Waals surface area contributed by atoms with Crippen LogP contribution in [-0.4, -0.2) is 57.4 Å². The van der Waals surface area contributed by atoms with E-state index in [1.807, 2.05) is 13.8 Å². The van der Waals surface area contributed by atoms with Crippen LogP contribution in [0.5, 0.6) is 0 Å². The lowest BCUT2D eigenvalue weighted by Crippen LogP contribution is -2.64. The van der Waals surface area contributed by atoms with E-state index >= 15 is 0 Å². The molecule has 0 aliphatic carbocycles. The highest BCUT2D eigenvalue weighted by Gasteiger charge is 2.52. The van der Waals surface area contributed by atoms with Crippen molar-refractivity contribution in [3.63, 3.8) is 0 Å². The molecular formula is C22H33ClN2O5. The second kappa shape index (κ2) is 8.73. The van der Waals surface area contributed by atoms with Crippen molar-refractivity contribution in [2.75, 3.05) is 13.1 Å². The minimum Gasteiger partial charge on any atom is -0.444 e. The molecule has 0 spiro atoms. The monoisotopic (exact) mass is 440 g/mol. The molecule has 1 aromatic rings. The fraction of sp³-hybridized carbons (Fsp3) is 0.636. The van der Waals surface area contributed by atoms with Crippen LogP contribution in [0.4, 0.5) is 4.79 Å². The second-order valence-corrected chi connectivity index (χ2v) is 9.96. The van der Waals surface area contributed by atoms with Gasteiger partial charge in [-0.25, -0.2) is 4.79 Å². The fourth-order valence-electron chi connectivity index (χ4n) is 3.66. The normalized spacial score (nSPS) is 25.7. The molecule has 168 valence electrons. The summed E-state index contributed by atoms with van der Waals surface area (Å²) >= 11 is 5.94. The van der Waals surface area contributed by atoms with Crippen molar-refractivity contribution in [1.82, 2.24) is 10.2 Å². The van der Waals surface area contributed by atoms with Crippen molar-refractivity contribution in [1.29, 1.82) is 0 Å². The Bertz CT molecular complexity index is 773. The number of hydrogen-bond donors (Lipinski definition) is 3. The zero-order valence-corrected chi connectivity index (χ0v) is 19.3. The molecule has 1 saturated heterocycles. The third-order valence-electron chi connectivity index (χ3n) is 5.37. The fourth-order valence-corrected chi connectivity index (χ4v) is 3.79. The lowest BCUT2D eigenvalue weighted by Gasteiger charge is -2.49. The van der Waals surface area contributed by atoms with Crippen LogP contribution in [0, 0.1) is 5.92 Å². The molecule has 1 heterocycles. The van der Waals surface area contributed by atoms with Gasteiger partial charge in [-0.05, 0) is 51.3 Å².